The molecule has 0 radical (unpaired) electrons. The highest BCUT2D eigenvalue weighted by atomic mass is 16.2. The van der Waals surface area contributed by atoms with E-state index < -0.39 is 0 Å². The summed E-state index contributed by atoms with van der Waals surface area (Å²) in [5.41, 5.74) is 1.63. The lowest BCUT2D eigenvalue weighted by molar-refractivity contribution is -0.122. The fraction of sp³-hybridized carbons (Fsp3) is 0.400. The molecule has 1 atom stereocenters. The van der Waals surface area contributed by atoms with Gasteiger partial charge in [0.05, 0.1) is 11.3 Å². The Kier molecular flexibility index (Phi) is 4.36. The Bertz CT molecular complexity index is 563. The topological polar surface area (TPSA) is 73.2 Å². The highest BCUT2D eigenvalue weighted by Gasteiger charge is 2.29. The molecule has 1 amide bonds. The second kappa shape index (κ2) is 6.20. The van der Waals surface area contributed by atoms with Gasteiger partial charge in [-0.1, -0.05) is 0 Å². The summed E-state index contributed by atoms with van der Waals surface area (Å²) < 4.78 is 0. The van der Waals surface area contributed by atoms with Crippen molar-refractivity contribution in [3.63, 3.8) is 0 Å². The molecule has 0 spiro atoms. The van der Waals surface area contributed by atoms with Crippen LogP contribution in [0.4, 0.5) is 5.69 Å². The Balaban J connectivity index is 2.40. The number of aldehydes is 1. The molecule has 104 valence electrons. The summed E-state index contributed by atoms with van der Waals surface area (Å²) in [6.07, 6.45) is 3.49. The standard InChI is InChI=1S/C15H17N3O2/c1-17-15(20)14-4-2-3-7-18(14)13-6-5-11(10-19)8-12(13)9-16/h5-6,8,10,14H,2-4,7H2,1H3,(H,17,20). The number of rotatable bonds is 3. The van der Waals surface area contributed by atoms with Crippen LogP contribution in [0.25, 0.3) is 0 Å². The molecule has 1 aliphatic heterocycles. The average Bonchev–Trinajstić information content (AvgIpc) is 2.53. The first-order valence-corrected chi connectivity index (χ1v) is 6.69. The predicted molar refractivity (Wildman–Crippen MR) is 75.6 cm³/mol. The molecule has 5 heteroatoms. The summed E-state index contributed by atoms with van der Waals surface area (Å²) in [6.45, 7) is 0.743. The third kappa shape index (κ3) is 2.64. The molecule has 1 unspecified atom stereocenters. The first kappa shape index (κ1) is 14.1. The van der Waals surface area contributed by atoms with Crippen LogP contribution in [0.5, 0.6) is 0 Å². The first-order valence-electron chi connectivity index (χ1n) is 6.69. The number of amides is 1. The van der Waals surface area contributed by atoms with Crippen LogP contribution in [0.3, 0.4) is 0 Å². The zero-order valence-electron chi connectivity index (χ0n) is 11.4. The highest BCUT2D eigenvalue weighted by Crippen LogP contribution is 2.28. The maximum atomic E-state index is 12.0. The van der Waals surface area contributed by atoms with Gasteiger partial charge >= 0.3 is 0 Å². The molecule has 0 saturated carbocycles. The number of hydrogen-bond donors (Lipinski definition) is 1. The van der Waals surface area contributed by atoms with Crippen molar-refractivity contribution in [2.24, 2.45) is 0 Å². The second-order valence-electron chi connectivity index (χ2n) is 4.83. The minimum Gasteiger partial charge on any atom is -0.358 e. The Morgan fingerprint density at radius 2 is 2.30 bits per heavy atom. The summed E-state index contributed by atoms with van der Waals surface area (Å²) >= 11 is 0. The van der Waals surface area contributed by atoms with Crippen molar-refractivity contribution < 1.29 is 9.59 Å². The molecule has 5 nitrogen and oxygen atoms in total. The molecule has 1 N–H and O–H groups in total. The van der Waals surface area contributed by atoms with E-state index in [0.717, 1.165) is 37.8 Å². The minimum atomic E-state index is -0.247. The van der Waals surface area contributed by atoms with Crippen LogP contribution in [0.15, 0.2) is 18.2 Å². The smallest absolute Gasteiger partial charge is 0.242 e. The summed E-state index contributed by atoms with van der Waals surface area (Å²) in [5.74, 6) is -0.0342. The summed E-state index contributed by atoms with van der Waals surface area (Å²) in [5, 5.41) is 11.9. The van der Waals surface area contributed by atoms with Crippen LogP contribution in [-0.2, 0) is 4.79 Å². The van der Waals surface area contributed by atoms with Crippen molar-refractivity contribution in [2.75, 3.05) is 18.5 Å². The van der Waals surface area contributed by atoms with Crippen LogP contribution < -0.4 is 10.2 Å². The van der Waals surface area contributed by atoms with E-state index in [1.807, 2.05) is 4.90 Å². The van der Waals surface area contributed by atoms with Gasteiger partial charge in [-0.05, 0) is 37.5 Å². The molecular weight excluding hydrogens is 254 g/mol. The second-order valence-corrected chi connectivity index (χ2v) is 4.83. The van der Waals surface area contributed by atoms with Gasteiger partial charge in [0.15, 0.2) is 0 Å². The Morgan fingerprint density at radius 3 is 2.95 bits per heavy atom. The van der Waals surface area contributed by atoms with E-state index in [2.05, 4.69) is 11.4 Å². The third-order valence-electron chi connectivity index (χ3n) is 3.64. The predicted octanol–water partition coefficient (Wildman–Crippen LogP) is 1.48. The number of likely N-dealkylation sites (N-methyl/N-ethyl adjacent to an activating group) is 1. The number of carbonyl (C=O) groups excluding carboxylic acids is 2. The van der Waals surface area contributed by atoms with Gasteiger partial charge in [0, 0.05) is 19.2 Å². The lowest BCUT2D eigenvalue weighted by Crippen LogP contribution is -2.49. The van der Waals surface area contributed by atoms with E-state index in [9.17, 15) is 14.9 Å². The maximum absolute atomic E-state index is 12.0. The number of anilines is 1. The molecule has 1 aliphatic rings. The van der Waals surface area contributed by atoms with Crippen molar-refractivity contribution in [3.05, 3.63) is 29.3 Å². The molecule has 2 rings (SSSR count). The molecule has 1 aromatic carbocycles. The van der Waals surface area contributed by atoms with E-state index in [4.69, 9.17) is 0 Å². The molecule has 0 bridgehead atoms. The molecule has 1 aromatic rings. The Hall–Kier alpha value is -2.35. The number of nitrogens with zero attached hydrogens (tertiary/aromatic N) is 2. The molecule has 0 aromatic heterocycles. The average molecular weight is 271 g/mol. The van der Waals surface area contributed by atoms with Crippen molar-refractivity contribution in [2.45, 2.75) is 25.3 Å². The first-order chi connectivity index (χ1) is 9.71. The van der Waals surface area contributed by atoms with Crippen LogP contribution in [-0.4, -0.2) is 31.8 Å². The Labute approximate surface area is 118 Å². The lowest BCUT2D eigenvalue weighted by Gasteiger charge is -2.36. The molecule has 1 saturated heterocycles. The SMILES string of the molecule is CNC(=O)C1CCCCN1c1ccc(C=O)cc1C#N. The number of hydrogen-bond acceptors (Lipinski definition) is 4. The van der Waals surface area contributed by atoms with Crippen molar-refractivity contribution in [1.29, 1.82) is 5.26 Å². The van der Waals surface area contributed by atoms with Crippen LogP contribution in [0.2, 0.25) is 0 Å². The van der Waals surface area contributed by atoms with Gasteiger partial charge < -0.3 is 10.2 Å². The van der Waals surface area contributed by atoms with E-state index >= 15 is 0 Å². The summed E-state index contributed by atoms with van der Waals surface area (Å²) in [6, 6.07) is 6.87. The normalized spacial score (nSPS) is 18.2. The number of nitriles is 1. The van der Waals surface area contributed by atoms with Crippen LogP contribution in [0, 0.1) is 11.3 Å². The molecule has 20 heavy (non-hydrogen) atoms. The lowest BCUT2D eigenvalue weighted by atomic mass is 9.98. The molecule has 1 fully saturated rings. The van der Waals surface area contributed by atoms with Gasteiger partial charge in [0.1, 0.15) is 18.4 Å². The van der Waals surface area contributed by atoms with Crippen molar-refractivity contribution in [3.8, 4) is 6.07 Å². The quantitative estimate of drug-likeness (QED) is 0.845. The van der Waals surface area contributed by atoms with E-state index in [0.29, 0.717) is 11.1 Å². The van der Waals surface area contributed by atoms with E-state index in [1.54, 1.807) is 25.2 Å². The van der Waals surface area contributed by atoms with Gasteiger partial charge in [0.25, 0.3) is 0 Å². The Morgan fingerprint density at radius 1 is 1.50 bits per heavy atom. The van der Waals surface area contributed by atoms with Crippen molar-refractivity contribution in [1.82, 2.24) is 5.32 Å². The van der Waals surface area contributed by atoms with Crippen molar-refractivity contribution >= 4 is 17.9 Å². The third-order valence-corrected chi connectivity index (χ3v) is 3.64. The fourth-order valence-electron chi connectivity index (χ4n) is 2.63. The van der Waals surface area contributed by atoms with Gasteiger partial charge in [-0.3, -0.25) is 9.59 Å². The molecular formula is C15H17N3O2. The largest absolute Gasteiger partial charge is 0.358 e. The van der Waals surface area contributed by atoms with E-state index in [1.165, 1.54) is 0 Å². The number of carbonyl (C=O) groups is 2. The number of benzene rings is 1. The molecule has 0 aliphatic carbocycles. The zero-order chi connectivity index (χ0) is 14.5. The van der Waals surface area contributed by atoms with Gasteiger partial charge in [-0.25, -0.2) is 0 Å². The highest BCUT2D eigenvalue weighted by molar-refractivity contribution is 5.86. The monoisotopic (exact) mass is 271 g/mol. The summed E-state index contributed by atoms with van der Waals surface area (Å²) in [4.78, 5) is 24.7. The van der Waals surface area contributed by atoms with E-state index in [-0.39, 0.29) is 11.9 Å². The summed E-state index contributed by atoms with van der Waals surface area (Å²) in [7, 11) is 1.62. The minimum absolute atomic E-state index is 0.0342. The maximum Gasteiger partial charge on any atom is 0.242 e. The zero-order valence-corrected chi connectivity index (χ0v) is 11.4. The van der Waals surface area contributed by atoms with Crippen LogP contribution in [0.1, 0.15) is 35.2 Å². The van der Waals surface area contributed by atoms with Crippen LogP contribution >= 0.6 is 0 Å². The fourth-order valence-corrected chi connectivity index (χ4v) is 2.63. The number of piperidine rings is 1. The number of nitrogens with one attached hydrogen (secondary N) is 1. The van der Waals surface area contributed by atoms with Gasteiger partial charge in [-0.15, -0.1) is 0 Å². The molecule has 1 heterocycles. The van der Waals surface area contributed by atoms with Gasteiger partial charge in [-0.2, -0.15) is 5.26 Å². The van der Waals surface area contributed by atoms with Gasteiger partial charge in [0.2, 0.25) is 5.91 Å².